The van der Waals surface area contributed by atoms with E-state index in [-0.39, 0.29) is 22.8 Å². The molecule has 0 atom stereocenters. The molecule has 1 amide bonds. The predicted molar refractivity (Wildman–Crippen MR) is 87.5 cm³/mol. The highest BCUT2D eigenvalue weighted by Gasteiger charge is 2.26. The van der Waals surface area contributed by atoms with Gasteiger partial charge in [0.1, 0.15) is 0 Å². The van der Waals surface area contributed by atoms with Crippen molar-refractivity contribution in [2.24, 2.45) is 12.5 Å². The van der Waals surface area contributed by atoms with E-state index in [1.54, 1.807) is 25.5 Å². The molecule has 0 spiro atoms. The van der Waals surface area contributed by atoms with Crippen molar-refractivity contribution in [3.63, 3.8) is 0 Å². The van der Waals surface area contributed by atoms with Crippen LogP contribution in [0.25, 0.3) is 0 Å². The monoisotopic (exact) mass is 312 g/mol. The summed E-state index contributed by atoms with van der Waals surface area (Å²) in [6.07, 6.45) is 6.26. The Morgan fingerprint density at radius 2 is 2.17 bits per heavy atom. The smallest absolute Gasteiger partial charge is 0.258 e. The lowest BCUT2D eigenvalue weighted by molar-refractivity contribution is 0.102. The molecule has 1 aliphatic carbocycles. The predicted octanol–water partition coefficient (Wildman–Crippen LogP) is 1.94. The van der Waals surface area contributed by atoms with Crippen molar-refractivity contribution in [2.45, 2.75) is 33.1 Å². The molecule has 0 aliphatic heterocycles. The number of aromatic nitrogens is 3. The van der Waals surface area contributed by atoms with Gasteiger partial charge < -0.3 is 4.57 Å². The van der Waals surface area contributed by atoms with Crippen molar-refractivity contribution in [2.75, 3.05) is 5.32 Å². The molecule has 1 N–H and O–H groups in total. The molecule has 0 saturated carbocycles. The maximum atomic E-state index is 12.2. The molecule has 0 radical (unpaired) electrons. The van der Waals surface area contributed by atoms with Crippen LogP contribution in [0.2, 0.25) is 0 Å². The Morgan fingerprint density at radius 3 is 2.91 bits per heavy atom. The van der Waals surface area contributed by atoms with E-state index in [9.17, 15) is 9.59 Å². The van der Waals surface area contributed by atoms with Gasteiger partial charge >= 0.3 is 0 Å². The van der Waals surface area contributed by atoms with E-state index < -0.39 is 0 Å². The van der Waals surface area contributed by atoms with Crippen LogP contribution in [0.3, 0.4) is 0 Å². The molecule has 0 fully saturated rings. The Hall–Kier alpha value is -2.50. The van der Waals surface area contributed by atoms with Gasteiger partial charge in [0.25, 0.3) is 11.5 Å². The summed E-state index contributed by atoms with van der Waals surface area (Å²) in [5.41, 5.74) is 2.49. The molecule has 2 aromatic rings. The first kappa shape index (κ1) is 15.4. The van der Waals surface area contributed by atoms with Crippen LogP contribution in [0.5, 0.6) is 0 Å². The Labute approximate surface area is 134 Å². The highest BCUT2D eigenvalue weighted by Crippen LogP contribution is 2.33. The molecule has 120 valence electrons. The van der Waals surface area contributed by atoms with E-state index in [0.717, 1.165) is 30.5 Å². The van der Waals surface area contributed by atoms with E-state index in [4.69, 9.17) is 0 Å². The number of fused-ring (bicyclic) bond motifs is 1. The summed E-state index contributed by atoms with van der Waals surface area (Å²) in [5.74, 6) is -0.0899. The molecule has 23 heavy (non-hydrogen) atoms. The molecule has 1 aliphatic rings. The van der Waals surface area contributed by atoms with E-state index in [0.29, 0.717) is 5.56 Å². The second-order valence-electron chi connectivity index (χ2n) is 6.83. The van der Waals surface area contributed by atoms with Crippen molar-refractivity contribution in [3.05, 3.63) is 51.7 Å². The van der Waals surface area contributed by atoms with Gasteiger partial charge in [0, 0.05) is 36.8 Å². The number of amides is 1. The van der Waals surface area contributed by atoms with E-state index in [2.05, 4.69) is 29.1 Å². The number of hydrogen-bond donors (Lipinski definition) is 1. The first-order valence-corrected chi connectivity index (χ1v) is 7.67. The minimum Gasteiger partial charge on any atom is -0.319 e. The summed E-state index contributed by atoms with van der Waals surface area (Å²) in [6.45, 7) is 4.48. The SMILES string of the molecule is Cn1ccc(C(=O)Nc2ncc3c(n2)CCC(C)(C)C3)cc1=O. The zero-order valence-electron chi connectivity index (χ0n) is 13.6. The summed E-state index contributed by atoms with van der Waals surface area (Å²) in [7, 11) is 1.64. The van der Waals surface area contributed by atoms with Gasteiger partial charge in [0.15, 0.2) is 0 Å². The first-order valence-electron chi connectivity index (χ1n) is 7.67. The number of nitrogens with zero attached hydrogens (tertiary/aromatic N) is 3. The number of hydrogen-bond acceptors (Lipinski definition) is 4. The highest BCUT2D eigenvalue weighted by atomic mass is 16.2. The number of carbonyl (C=O) groups is 1. The molecule has 0 saturated heterocycles. The molecule has 0 bridgehead atoms. The van der Waals surface area contributed by atoms with Gasteiger partial charge in [-0.1, -0.05) is 13.8 Å². The van der Waals surface area contributed by atoms with Crippen LogP contribution in [0.4, 0.5) is 5.95 Å². The van der Waals surface area contributed by atoms with Gasteiger partial charge in [0.2, 0.25) is 5.95 Å². The third kappa shape index (κ3) is 3.31. The molecule has 2 heterocycles. The van der Waals surface area contributed by atoms with Gasteiger partial charge in [0.05, 0.1) is 0 Å². The number of rotatable bonds is 2. The third-order valence-electron chi connectivity index (χ3n) is 4.25. The minimum absolute atomic E-state index is 0.230. The van der Waals surface area contributed by atoms with Crippen LogP contribution in [-0.4, -0.2) is 20.4 Å². The Kier molecular flexibility index (Phi) is 3.75. The van der Waals surface area contributed by atoms with E-state index in [1.165, 1.54) is 10.6 Å². The highest BCUT2D eigenvalue weighted by molar-refractivity contribution is 6.03. The van der Waals surface area contributed by atoms with Crippen molar-refractivity contribution >= 4 is 11.9 Å². The Morgan fingerprint density at radius 1 is 1.39 bits per heavy atom. The van der Waals surface area contributed by atoms with E-state index >= 15 is 0 Å². The summed E-state index contributed by atoms with van der Waals surface area (Å²) >= 11 is 0. The Bertz CT molecular complexity index is 824. The van der Waals surface area contributed by atoms with Crippen LogP contribution >= 0.6 is 0 Å². The van der Waals surface area contributed by atoms with Gasteiger partial charge in [-0.3, -0.25) is 14.9 Å². The lowest BCUT2D eigenvalue weighted by Gasteiger charge is -2.30. The summed E-state index contributed by atoms with van der Waals surface area (Å²) in [6, 6.07) is 2.90. The number of nitrogens with one attached hydrogen (secondary N) is 1. The lowest BCUT2D eigenvalue weighted by Crippen LogP contribution is -2.24. The number of aryl methyl sites for hydroxylation is 2. The fourth-order valence-electron chi connectivity index (χ4n) is 2.79. The fraction of sp³-hybridized carbons (Fsp3) is 0.412. The quantitative estimate of drug-likeness (QED) is 0.919. The maximum Gasteiger partial charge on any atom is 0.258 e. The van der Waals surface area contributed by atoms with Gasteiger partial charge in [-0.25, -0.2) is 9.97 Å². The first-order chi connectivity index (χ1) is 10.8. The average molecular weight is 312 g/mol. The summed E-state index contributed by atoms with van der Waals surface area (Å²) < 4.78 is 1.41. The number of carbonyl (C=O) groups excluding carboxylic acids is 1. The Balaban J connectivity index is 1.79. The van der Waals surface area contributed by atoms with Crippen LogP contribution in [0.15, 0.2) is 29.3 Å². The maximum absolute atomic E-state index is 12.2. The van der Waals surface area contributed by atoms with Crippen molar-refractivity contribution in [1.82, 2.24) is 14.5 Å². The zero-order chi connectivity index (χ0) is 16.6. The molecular formula is C17H20N4O2. The van der Waals surface area contributed by atoms with Gasteiger partial charge in [-0.15, -0.1) is 0 Å². The molecule has 0 unspecified atom stereocenters. The van der Waals surface area contributed by atoms with Crippen molar-refractivity contribution in [3.8, 4) is 0 Å². The standard InChI is InChI=1S/C17H20N4O2/c1-17(2)6-4-13-12(9-17)10-18-16(19-13)20-15(23)11-5-7-21(3)14(22)8-11/h5,7-8,10H,4,6,9H2,1-3H3,(H,18,19,20,23). The summed E-state index contributed by atoms with van der Waals surface area (Å²) in [4.78, 5) is 32.5. The van der Waals surface area contributed by atoms with Crippen LogP contribution in [0, 0.1) is 5.41 Å². The second-order valence-corrected chi connectivity index (χ2v) is 6.83. The van der Waals surface area contributed by atoms with Gasteiger partial charge in [-0.2, -0.15) is 0 Å². The molecule has 2 aromatic heterocycles. The molecule has 6 nitrogen and oxygen atoms in total. The minimum atomic E-state index is -0.376. The second kappa shape index (κ2) is 5.61. The molecule has 3 rings (SSSR count). The normalized spacial score (nSPS) is 15.8. The third-order valence-corrected chi connectivity index (χ3v) is 4.25. The molecule has 0 aromatic carbocycles. The van der Waals surface area contributed by atoms with Gasteiger partial charge in [-0.05, 0) is 36.3 Å². The summed E-state index contributed by atoms with van der Waals surface area (Å²) in [5, 5.41) is 2.67. The number of anilines is 1. The zero-order valence-corrected chi connectivity index (χ0v) is 13.6. The lowest BCUT2D eigenvalue weighted by atomic mass is 9.76. The largest absolute Gasteiger partial charge is 0.319 e. The number of pyridine rings is 1. The topological polar surface area (TPSA) is 76.9 Å². The van der Waals surface area contributed by atoms with Crippen LogP contribution in [-0.2, 0) is 19.9 Å². The van der Waals surface area contributed by atoms with Crippen molar-refractivity contribution in [1.29, 1.82) is 0 Å². The van der Waals surface area contributed by atoms with Crippen LogP contribution < -0.4 is 10.9 Å². The average Bonchev–Trinajstić information content (AvgIpc) is 2.49. The van der Waals surface area contributed by atoms with Crippen LogP contribution in [0.1, 0.15) is 41.9 Å². The fourth-order valence-corrected chi connectivity index (χ4v) is 2.79. The van der Waals surface area contributed by atoms with Crippen molar-refractivity contribution < 1.29 is 4.79 Å². The van der Waals surface area contributed by atoms with E-state index in [1.807, 2.05) is 0 Å². The molecular weight excluding hydrogens is 292 g/mol. The molecule has 6 heteroatoms.